The summed E-state index contributed by atoms with van der Waals surface area (Å²) in [5.41, 5.74) is 1.60. The lowest BCUT2D eigenvalue weighted by Crippen LogP contribution is -2.38. The Morgan fingerprint density at radius 3 is 2.65 bits per heavy atom. The number of aryl methyl sites for hydroxylation is 1. The topological polar surface area (TPSA) is 66.8 Å². The summed E-state index contributed by atoms with van der Waals surface area (Å²) in [7, 11) is 0. The van der Waals surface area contributed by atoms with Gasteiger partial charge in [0, 0.05) is 36.3 Å². The maximum atomic E-state index is 12.7. The minimum atomic E-state index is -0.905. The van der Waals surface area contributed by atoms with Gasteiger partial charge in [-0.05, 0) is 38.0 Å². The number of hydrogen-bond acceptors (Lipinski definition) is 3. The van der Waals surface area contributed by atoms with Crippen LogP contribution in [-0.4, -0.2) is 48.2 Å². The van der Waals surface area contributed by atoms with Crippen molar-refractivity contribution in [3.8, 4) is 0 Å². The lowest BCUT2D eigenvalue weighted by Gasteiger charge is -2.25. The molecule has 0 fully saturated rings. The van der Waals surface area contributed by atoms with E-state index < -0.39 is 11.9 Å². The average molecular weight is 386 g/mol. The first-order chi connectivity index (χ1) is 10.9. The van der Waals surface area contributed by atoms with Gasteiger partial charge in [-0.15, -0.1) is 0 Å². The van der Waals surface area contributed by atoms with Gasteiger partial charge in [0.15, 0.2) is 0 Å². The smallest absolute Gasteiger partial charge is 0.308 e. The fourth-order valence-electron chi connectivity index (χ4n) is 2.09. The van der Waals surface area contributed by atoms with Crippen molar-refractivity contribution in [2.75, 3.05) is 26.3 Å². The summed E-state index contributed by atoms with van der Waals surface area (Å²) in [6.45, 7) is 7.32. The normalized spacial score (nSPS) is 12.0. The van der Waals surface area contributed by atoms with Crippen LogP contribution in [0.15, 0.2) is 22.7 Å². The number of nitrogens with zero attached hydrogens (tertiary/aromatic N) is 1. The Morgan fingerprint density at radius 1 is 1.39 bits per heavy atom. The Bertz CT molecular complexity index is 547. The van der Waals surface area contributed by atoms with Crippen LogP contribution in [0.5, 0.6) is 0 Å². The van der Waals surface area contributed by atoms with Crippen LogP contribution in [0.3, 0.4) is 0 Å². The van der Waals surface area contributed by atoms with Crippen molar-refractivity contribution in [3.05, 3.63) is 33.8 Å². The van der Waals surface area contributed by atoms with Crippen molar-refractivity contribution >= 4 is 27.8 Å². The maximum absolute atomic E-state index is 12.7. The van der Waals surface area contributed by atoms with E-state index in [2.05, 4.69) is 15.9 Å². The van der Waals surface area contributed by atoms with Crippen LogP contribution in [0.1, 0.15) is 36.2 Å². The number of halogens is 1. The van der Waals surface area contributed by atoms with E-state index >= 15 is 0 Å². The van der Waals surface area contributed by atoms with Gasteiger partial charge in [-0.2, -0.15) is 0 Å². The van der Waals surface area contributed by atoms with E-state index in [9.17, 15) is 9.59 Å². The van der Waals surface area contributed by atoms with E-state index in [1.165, 1.54) is 0 Å². The summed E-state index contributed by atoms with van der Waals surface area (Å²) in [5, 5.41) is 9.10. The average Bonchev–Trinajstić information content (AvgIpc) is 2.52. The van der Waals surface area contributed by atoms with Crippen LogP contribution >= 0.6 is 15.9 Å². The molecule has 0 radical (unpaired) electrons. The molecule has 1 aromatic carbocycles. The van der Waals surface area contributed by atoms with Gasteiger partial charge in [0.05, 0.1) is 5.92 Å². The first-order valence-electron chi connectivity index (χ1n) is 7.72. The molecule has 1 N–H and O–H groups in total. The number of hydrogen-bond donors (Lipinski definition) is 1. The van der Waals surface area contributed by atoms with Crippen molar-refractivity contribution in [2.45, 2.75) is 27.2 Å². The molecular formula is C17H24BrNO4. The fraction of sp³-hybridized carbons (Fsp3) is 0.529. The summed E-state index contributed by atoms with van der Waals surface area (Å²) < 4.78 is 6.16. The number of carboxylic acid groups (broad SMARTS) is 1. The largest absolute Gasteiger partial charge is 0.481 e. The summed E-state index contributed by atoms with van der Waals surface area (Å²) in [5.74, 6) is -1.67. The number of aliphatic carboxylic acids is 1. The lowest BCUT2D eigenvalue weighted by molar-refractivity contribution is -0.141. The number of carbonyl (C=O) groups excluding carboxylic acids is 1. The molecule has 0 saturated heterocycles. The zero-order chi connectivity index (χ0) is 17.4. The monoisotopic (exact) mass is 385 g/mol. The number of rotatable bonds is 9. The van der Waals surface area contributed by atoms with Gasteiger partial charge >= 0.3 is 5.97 Å². The maximum Gasteiger partial charge on any atom is 0.308 e. The number of carboxylic acids is 1. The molecule has 1 rings (SSSR count). The zero-order valence-electron chi connectivity index (χ0n) is 13.8. The molecule has 1 unspecified atom stereocenters. The van der Waals surface area contributed by atoms with Crippen LogP contribution in [0.2, 0.25) is 0 Å². The molecule has 6 heteroatoms. The number of benzene rings is 1. The first-order valence-corrected chi connectivity index (χ1v) is 8.52. The standard InChI is InChI=1S/C17H24BrNO4/c1-4-23-9-5-8-19(11-13(3)17(21)22)16(20)14-7-6-12(2)15(18)10-14/h6-7,10,13H,4-5,8-9,11H2,1-3H3,(H,21,22). The molecule has 5 nitrogen and oxygen atoms in total. The van der Waals surface area contributed by atoms with E-state index in [-0.39, 0.29) is 12.5 Å². The quantitative estimate of drug-likeness (QED) is 0.661. The molecule has 1 amide bonds. The van der Waals surface area contributed by atoms with E-state index in [1.54, 1.807) is 24.0 Å². The third-order valence-corrected chi connectivity index (χ3v) is 4.40. The van der Waals surface area contributed by atoms with Gasteiger partial charge in [0.2, 0.25) is 0 Å². The van der Waals surface area contributed by atoms with Crippen LogP contribution in [-0.2, 0) is 9.53 Å². The molecule has 0 aliphatic heterocycles. The molecule has 0 aliphatic rings. The second-order valence-corrected chi connectivity index (χ2v) is 6.36. The molecule has 0 bridgehead atoms. The van der Waals surface area contributed by atoms with Crippen molar-refractivity contribution in [2.24, 2.45) is 5.92 Å². The molecule has 0 spiro atoms. The predicted molar refractivity (Wildman–Crippen MR) is 92.7 cm³/mol. The molecular weight excluding hydrogens is 362 g/mol. The minimum absolute atomic E-state index is 0.157. The van der Waals surface area contributed by atoms with E-state index in [0.29, 0.717) is 31.7 Å². The Balaban J connectivity index is 2.85. The molecule has 0 aliphatic carbocycles. The Hall–Kier alpha value is -1.40. The Morgan fingerprint density at radius 2 is 2.09 bits per heavy atom. The van der Waals surface area contributed by atoms with Gasteiger partial charge in [-0.1, -0.05) is 28.9 Å². The Kier molecular flexibility index (Phi) is 8.26. The zero-order valence-corrected chi connectivity index (χ0v) is 15.4. The second-order valence-electron chi connectivity index (χ2n) is 5.50. The number of ether oxygens (including phenoxy) is 1. The van der Waals surface area contributed by atoms with Crippen molar-refractivity contribution < 1.29 is 19.4 Å². The molecule has 0 saturated carbocycles. The van der Waals surface area contributed by atoms with Gasteiger partial charge < -0.3 is 14.7 Å². The second kappa shape index (κ2) is 9.67. The highest BCUT2D eigenvalue weighted by Gasteiger charge is 2.21. The van der Waals surface area contributed by atoms with Crippen LogP contribution in [0.4, 0.5) is 0 Å². The fourth-order valence-corrected chi connectivity index (χ4v) is 2.47. The van der Waals surface area contributed by atoms with Crippen molar-refractivity contribution in [3.63, 3.8) is 0 Å². The van der Waals surface area contributed by atoms with Crippen LogP contribution < -0.4 is 0 Å². The minimum Gasteiger partial charge on any atom is -0.481 e. The third-order valence-electron chi connectivity index (χ3n) is 3.54. The SMILES string of the molecule is CCOCCCN(CC(C)C(=O)O)C(=O)c1ccc(C)c(Br)c1. The summed E-state index contributed by atoms with van der Waals surface area (Å²) in [4.78, 5) is 25.4. The molecule has 1 aromatic rings. The van der Waals surface area contributed by atoms with Crippen LogP contribution in [0.25, 0.3) is 0 Å². The lowest BCUT2D eigenvalue weighted by atomic mass is 10.1. The third kappa shape index (κ3) is 6.31. The first kappa shape index (κ1) is 19.6. The van der Waals surface area contributed by atoms with E-state index in [4.69, 9.17) is 9.84 Å². The van der Waals surface area contributed by atoms with Gasteiger partial charge in [-0.3, -0.25) is 9.59 Å². The van der Waals surface area contributed by atoms with Gasteiger partial charge in [0.25, 0.3) is 5.91 Å². The molecule has 128 valence electrons. The molecule has 23 heavy (non-hydrogen) atoms. The highest BCUT2D eigenvalue weighted by atomic mass is 79.9. The highest BCUT2D eigenvalue weighted by molar-refractivity contribution is 9.10. The Labute approximate surface area is 145 Å². The summed E-state index contributed by atoms with van der Waals surface area (Å²) in [6, 6.07) is 5.42. The van der Waals surface area contributed by atoms with Gasteiger partial charge in [-0.25, -0.2) is 0 Å². The molecule has 0 heterocycles. The summed E-state index contributed by atoms with van der Waals surface area (Å²) >= 11 is 3.43. The van der Waals surface area contributed by atoms with E-state index in [1.807, 2.05) is 19.9 Å². The van der Waals surface area contributed by atoms with E-state index in [0.717, 1.165) is 10.0 Å². The van der Waals surface area contributed by atoms with Crippen molar-refractivity contribution in [1.29, 1.82) is 0 Å². The summed E-state index contributed by atoms with van der Waals surface area (Å²) in [6.07, 6.45) is 0.680. The number of carbonyl (C=O) groups is 2. The number of amides is 1. The highest BCUT2D eigenvalue weighted by Crippen LogP contribution is 2.19. The van der Waals surface area contributed by atoms with Crippen molar-refractivity contribution in [1.82, 2.24) is 4.90 Å². The van der Waals surface area contributed by atoms with Crippen LogP contribution in [0, 0.1) is 12.8 Å². The predicted octanol–water partition coefficient (Wildman–Crippen LogP) is 3.35. The van der Waals surface area contributed by atoms with Gasteiger partial charge in [0.1, 0.15) is 0 Å². The molecule has 0 aromatic heterocycles. The molecule has 1 atom stereocenters.